The molecule has 2 aromatic heterocycles. The van der Waals surface area contributed by atoms with Crippen LogP contribution in [0.3, 0.4) is 0 Å². The SMILES string of the molecule is CCOc1ncc(C(=O)NCc2cc(C)oc2C)cc1Cl. The predicted octanol–water partition coefficient (Wildman–Crippen LogP) is 3.27. The quantitative estimate of drug-likeness (QED) is 0.920. The third-order valence-corrected chi connectivity index (χ3v) is 3.20. The molecule has 5 nitrogen and oxygen atoms in total. The van der Waals surface area contributed by atoms with Gasteiger partial charge < -0.3 is 14.5 Å². The molecule has 0 radical (unpaired) electrons. The van der Waals surface area contributed by atoms with E-state index in [0.29, 0.717) is 29.6 Å². The maximum Gasteiger partial charge on any atom is 0.253 e. The first-order valence-corrected chi connectivity index (χ1v) is 7.01. The van der Waals surface area contributed by atoms with Gasteiger partial charge in [0.25, 0.3) is 5.91 Å². The van der Waals surface area contributed by atoms with E-state index in [-0.39, 0.29) is 5.91 Å². The van der Waals surface area contributed by atoms with E-state index in [1.165, 1.54) is 6.20 Å². The molecule has 21 heavy (non-hydrogen) atoms. The molecule has 1 N–H and O–H groups in total. The Labute approximate surface area is 128 Å². The topological polar surface area (TPSA) is 64.4 Å². The third-order valence-electron chi connectivity index (χ3n) is 2.93. The minimum atomic E-state index is -0.245. The van der Waals surface area contributed by atoms with Crippen LogP contribution in [0.15, 0.2) is 22.7 Å². The molecule has 0 saturated carbocycles. The summed E-state index contributed by atoms with van der Waals surface area (Å²) in [7, 11) is 0. The summed E-state index contributed by atoms with van der Waals surface area (Å²) in [6.07, 6.45) is 1.44. The third kappa shape index (κ3) is 3.76. The van der Waals surface area contributed by atoms with Gasteiger partial charge >= 0.3 is 0 Å². The molecular formula is C15H17ClN2O3. The summed E-state index contributed by atoms with van der Waals surface area (Å²) in [6.45, 7) is 6.44. The molecule has 0 aliphatic carbocycles. The number of rotatable bonds is 5. The number of aromatic nitrogens is 1. The fourth-order valence-electron chi connectivity index (χ4n) is 1.93. The number of nitrogens with one attached hydrogen (secondary N) is 1. The van der Waals surface area contributed by atoms with Gasteiger partial charge in [-0.25, -0.2) is 4.98 Å². The predicted molar refractivity (Wildman–Crippen MR) is 79.8 cm³/mol. The standard InChI is InChI=1S/C15H17ClN2O3/c1-4-20-15-13(16)6-12(8-18-15)14(19)17-7-11-5-9(2)21-10(11)3/h5-6,8H,4,7H2,1-3H3,(H,17,19). The molecule has 0 aromatic carbocycles. The average Bonchev–Trinajstić information content (AvgIpc) is 2.76. The molecule has 0 fully saturated rings. The van der Waals surface area contributed by atoms with Crippen molar-refractivity contribution >= 4 is 17.5 Å². The number of furan rings is 1. The molecule has 0 atom stereocenters. The van der Waals surface area contributed by atoms with Crippen molar-refractivity contribution in [1.29, 1.82) is 0 Å². The number of hydrogen-bond donors (Lipinski definition) is 1. The first-order chi connectivity index (χ1) is 10.0. The van der Waals surface area contributed by atoms with Gasteiger partial charge in [0.2, 0.25) is 5.88 Å². The van der Waals surface area contributed by atoms with Crippen LogP contribution in [0.4, 0.5) is 0 Å². The lowest BCUT2D eigenvalue weighted by Gasteiger charge is -2.07. The second-order valence-corrected chi connectivity index (χ2v) is 4.97. The zero-order valence-corrected chi connectivity index (χ0v) is 13.0. The van der Waals surface area contributed by atoms with Gasteiger partial charge in [0.15, 0.2) is 0 Å². The first-order valence-electron chi connectivity index (χ1n) is 6.63. The lowest BCUT2D eigenvalue weighted by atomic mass is 10.2. The van der Waals surface area contributed by atoms with Crippen LogP contribution in [0.1, 0.15) is 34.4 Å². The van der Waals surface area contributed by atoms with Crippen molar-refractivity contribution in [3.05, 3.63) is 46.0 Å². The zero-order chi connectivity index (χ0) is 15.4. The van der Waals surface area contributed by atoms with Gasteiger partial charge in [0.1, 0.15) is 16.5 Å². The summed E-state index contributed by atoms with van der Waals surface area (Å²) in [4.78, 5) is 16.1. The number of amides is 1. The van der Waals surface area contributed by atoms with Crippen molar-refractivity contribution in [1.82, 2.24) is 10.3 Å². The fourth-order valence-corrected chi connectivity index (χ4v) is 2.15. The van der Waals surface area contributed by atoms with Crippen LogP contribution >= 0.6 is 11.6 Å². The Morgan fingerprint density at radius 2 is 2.19 bits per heavy atom. The highest BCUT2D eigenvalue weighted by molar-refractivity contribution is 6.32. The second-order valence-electron chi connectivity index (χ2n) is 4.57. The summed E-state index contributed by atoms with van der Waals surface area (Å²) < 4.78 is 10.6. The Kier molecular flexibility index (Phi) is 4.85. The van der Waals surface area contributed by atoms with Crippen LogP contribution < -0.4 is 10.1 Å². The molecule has 6 heteroatoms. The second kappa shape index (κ2) is 6.63. The molecule has 0 aliphatic rings. The van der Waals surface area contributed by atoms with Gasteiger partial charge in [0.05, 0.1) is 12.2 Å². The monoisotopic (exact) mass is 308 g/mol. The van der Waals surface area contributed by atoms with E-state index in [1.54, 1.807) is 6.07 Å². The summed E-state index contributed by atoms with van der Waals surface area (Å²) in [6, 6.07) is 3.45. The van der Waals surface area contributed by atoms with Crippen molar-refractivity contribution in [3.63, 3.8) is 0 Å². The molecule has 112 valence electrons. The Hall–Kier alpha value is -2.01. The van der Waals surface area contributed by atoms with E-state index in [0.717, 1.165) is 17.1 Å². The normalized spacial score (nSPS) is 10.5. The van der Waals surface area contributed by atoms with E-state index < -0.39 is 0 Å². The molecule has 2 aromatic rings. The number of halogens is 1. The molecular weight excluding hydrogens is 292 g/mol. The number of nitrogens with zero attached hydrogens (tertiary/aromatic N) is 1. The van der Waals surface area contributed by atoms with Crippen LogP contribution in [0.5, 0.6) is 5.88 Å². The first kappa shape index (κ1) is 15.4. The van der Waals surface area contributed by atoms with E-state index in [2.05, 4.69) is 10.3 Å². The lowest BCUT2D eigenvalue weighted by molar-refractivity contribution is 0.0950. The summed E-state index contributed by atoms with van der Waals surface area (Å²) in [5.41, 5.74) is 1.34. The van der Waals surface area contributed by atoms with E-state index in [4.69, 9.17) is 20.8 Å². The molecule has 0 unspecified atom stereocenters. The molecule has 0 saturated heterocycles. The molecule has 2 heterocycles. The fraction of sp³-hybridized carbons (Fsp3) is 0.333. The van der Waals surface area contributed by atoms with Crippen LogP contribution in [0.2, 0.25) is 5.02 Å². The summed E-state index contributed by atoms with van der Waals surface area (Å²) >= 11 is 6.02. The molecule has 1 amide bonds. The highest BCUT2D eigenvalue weighted by Gasteiger charge is 2.12. The minimum absolute atomic E-state index is 0.245. The zero-order valence-electron chi connectivity index (χ0n) is 12.2. The van der Waals surface area contributed by atoms with Crippen molar-refractivity contribution in [2.24, 2.45) is 0 Å². The maximum absolute atomic E-state index is 12.1. The molecule has 0 aliphatic heterocycles. The van der Waals surface area contributed by atoms with Crippen molar-refractivity contribution in [3.8, 4) is 5.88 Å². The highest BCUT2D eigenvalue weighted by Crippen LogP contribution is 2.22. The Balaban J connectivity index is 2.03. The summed E-state index contributed by atoms with van der Waals surface area (Å²) in [5, 5.41) is 3.13. The number of pyridine rings is 1. The summed E-state index contributed by atoms with van der Waals surface area (Å²) in [5.74, 6) is 1.71. The van der Waals surface area contributed by atoms with Gasteiger partial charge in [-0.1, -0.05) is 11.6 Å². The van der Waals surface area contributed by atoms with Crippen LogP contribution in [-0.4, -0.2) is 17.5 Å². The van der Waals surface area contributed by atoms with Gasteiger partial charge in [-0.05, 0) is 32.9 Å². The van der Waals surface area contributed by atoms with Gasteiger partial charge in [-0.15, -0.1) is 0 Å². The lowest BCUT2D eigenvalue weighted by Crippen LogP contribution is -2.23. The molecule has 2 rings (SSSR count). The molecule has 0 bridgehead atoms. The minimum Gasteiger partial charge on any atom is -0.477 e. The van der Waals surface area contributed by atoms with E-state index in [9.17, 15) is 4.79 Å². The Morgan fingerprint density at radius 1 is 1.43 bits per heavy atom. The van der Waals surface area contributed by atoms with Gasteiger partial charge in [-0.2, -0.15) is 0 Å². The Bertz CT molecular complexity index is 652. The number of aryl methyl sites for hydroxylation is 2. The van der Waals surface area contributed by atoms with Crippen molar-refractivity contribution in [2.45, 2.75) is 27.3 Å². The highest BCUT2D eigenvalue weighted by atomic mass is 35.5. The average molecular weight is 309 g/mol. The smallest absolute Gasteiger partial charge is 0.253 e. The van der Waals surface area contributed by atoms with Crippen LogP contribution in [0.25, 0.3) is 0 Å². The maximum atomic E-state index is 12.1. The Morgan fingerprint density at radius 3 is 2.76 bits per heavy atom. The van der Waals surface area contributed by atoms with E-state index >= 15 is 0 Å². The van der Waals surface area contributed by atoms with Crippen molar-refractivity contribution < 1.29 is 13.9 Å². The van der Waals surface area contributed by atoms with Crippen LogP contribution in [0, 0.1) is 13.8 Å². The van der Waals surface area contributed by atoms with Gasteiger partial charge in [-0.3, -0.25) is 4.79 Å². The number of carbonyl (C=O) groups excluding carboxylic acids is 1. The van der Waals surface area contributed by atoms with Crippen LogP contribution in [-0.2, 0) is 6.54 Å². The number of ether oxygens (including phenoxy) is 1. The number of carbonyl (C=O) groups is 1. The van der Waals surface area contributed by atoms with Crippen molar-refractivity contribution in [2.75, 3.05) is 6.61 Å². The van der Waals surface area contributed by atoms with Gasteiger partial charge in [0, 0.05) is 18.3 Å². The molecule has 0 spiro atoms. The number of hydrogen-bond acceptors (Lipinski definition) is 4. The largest absolute Gasteiger partial charge is 0.477 e. The van der Waals surface area contributed by atoms with E-state index in [1.807, 2.05) is 26.8 Å².